The normalized spacial score (nSPS) is 24.3. The van der Waals surface area contributed by atoms with Crippen LogP contribution in [0.1, 0.15) is 49.0 Å². The molecule has 3 N–H and O–H groups in total. The number of aryl methyl sites for hydroxylation is 1. The second kappa shape index (κ2) is 9.09. The molecule has 0 spiro atoms. The van der Waals surface area contributed by atoms with Gasteiger partial charge in [-0.2, -0.15) is 0 Å². The summed E-state index contributed by atoms with van der Waals surface area (Å²) in [7, 11) is -3.13. The summed E-state index contributed by atoms with van der Waals surface area (Å²) in [5.41, 5.74) is 8.70. The molecule has 0 amide bonds. The third-order valence-electron chi connectivity index (χ3n) is 5.71. The van der Waals surface area contributed by atoms with Crippen LogP contribution in [0.3, 0.4) is 0 Å². The Labute approximate surface area is 168 Å². The Morgan fingerprint density at radius 3 is 2.56 bits per heavy atom. The number of aromatic hydroxyl groups is 1. The summed E-state index contributed by atoms with van der Waals surface area (Å²) in [6.07, 6.45) is 2.63. The van der Waals surface area contributed by atoms with E-state index in [1.165, 1.54) is 0 Å². The van der Waals surface area contributed by atoms with Gasteiger partial charge in [0.05, 0.1) is 18.0 Å². The maximum absolute atomic E-state index is 12.3. The molecule has 0 unspecified atom stereocenters. The van der Waals surface area contributed by atoms with Crippen LogP contribution in [-0.2, 0) is 21.2 Å². The molecular weight excluding hydrogens is 388 g/mol. The van der Waals surface area contributed by atoms with Crippen molar-refractivity contribution in [3.63, 3.8) is 0 Å². The van der Waals surface area contributed by atoms with Gasteiger partial charge in [-0.3, -0.25) is 0 Å². The highest BCUT2D eigenvalue weighted by Crippen LogP contribution is 2.40. The van der Waals surface area contributed by atoms with Crippen molar-refractivity contribution in [1.82, 2.24) is 4.31 Å². The van der Waals surface area contributed by atoms with Gasteiger partial charge in [-0.05, 0) is 43.2 Å². The Balaban J connectivity index is 0.00000261. The van der Waals surface area contributed by atoms with Crippen LogP contribution in [0, 0.1) is 12.8 Å². The molecule has 0 saturated carbocycles. The zero-order chi connectivity index (χ0) is 18.9. The van der Waals surface area contributed by atoms with Crippen LogP contribution in [0.5, 0.6) is 5.75 Å². The second-order valence-corrected chi connectivity index (χ2v) is 9.54. The van der Waals surface area contributed by atoms with E-state index in [1.54, 1.807) is 4.31 Å². The van der Waals surface area contributed by atoms with E-state index in [1.807, 2.05) is 26.0 Å². The molecule has 2 heterocycles. The summed E-state index contributed by atoms with van der Waals surface area (Å²) in [5.74, 6) is 0.843. The lowest BCUT2D eigenvalue weighted by atomic mass is 9.83. The highest BCUT2D eigenvalue weighted by atomic mass is 35.5. The minimum atomic E-state index is -3.13. The molecule has 154 valence electrons. The molecule has 2 atom stereocenters. The molecule has 1 aromatic carbocycles. The van der Waals surface area contributed by atoms with Gasteiger partial charge < -0.3 is 15.6 Å². The van der Waals surface area contributed by atoms with Gasteiger partial charge in [0.2, 0.25) is 10.0 Å². The van der Waals surface area contributed by atoms with Crippen molar-refractivity contribution in [3.05, 3.63) is 28.8 Å². The van der Waals surface area contributed by atoms with Crippen LogP contribution in [0.2, 0.25) is 0 Å². The highest BCUT2D eigenvalue weighted by Gasteiger charge is 2.37. The van der Waals surface area contributed by atoms with Crippen LogP contribution >= 0.6 is 12.4 Å². The monoisotopic (exact) mass is 418 g/mol. The number of piperidine rings is 1. The van der Waals surface area contributed by atoms with Gasteiger partial charge in [-0.25, -0.2) is 12.7 Å². The number of sulfonamides is 1. The maximum atomic E-state index is 12.3. The van der Waals surface area contributed by atoms with Gasteiger partial charge in [-0.1, -0.05) is 19.1 Å². The van der Waals surface area contributed by atoms with Crippen molar-refractivity contribution < 1.29 is 18.3 Å². The first-order chi connectivity index (χ1) is 12.4. The van der Waals surface area contributed by atoms with E-state index in [0.29, 0.717) is 38.2 Å². The number of ether oxygens (including phenoxy) is 1. The lowest BCUT2D eigenvalue weighted by Crippen LogP contribution is -2.44. The van der Waals surface area contributed by atoms with Crippen molar-refractivity contribution >= 4 is 22.4 Å². The number of hydrogen-bond acceptors (Lipinski definition) is 5. The Bertz CT molecular complexity index is 748. The lowest BCUT2D eigenvalue weighted by molar-refractivity contribution is -0.0612. The average molecular weight is 419 g/mol. The minimum Gasteiger partial charge on any atom is -0.507 e. The summed E-state index contributed by atoms with van der Waals surface area (Å²) in [5, 5.41) is 10.5. The Hall–Kier alpha value is -0.860. The molecule has 0 radical (unpaired) electrons. The van der Waals surface area contributed by atoms with Crippen LogP contribution in [0.4, 0.5) is 0 Å². The molecule has 3 rings (SSSR count). The molecule has 27 heavy (non-hydrogen) atoms. The summed E-state index contributed by atoms with van der Waals surface area (Å²) in [4.78, 5) is 0. The topological polar surface area (TPSA) is 92.9 Å². The van der Waals surface area contributed by atoms with Gasteiger partial charge in [0.25, 0.3) is 0 Å². The van der Waals surface area contributed by atoms with Crippen LogP contribution in [0.15, 0.2) is 12.1 Å². The van der Waals surface area contributed by atoms with E-state index in [4.69, 9.17) is 10.5 Å². The van der Waals surface area contributed by atoms with Crippen molar-refractivity contribution in [2.45, 2.75) is 51.7 Å². The first kappa shape index (κ1) is 22.4. The van der Waals surface area contributed by atoms with Gasteiger partial charge >= 0.3 is 0 Å². The molecule has 6 nitrogen and oxygen atoms in total. The van der Waals surface area contributed by atoms with E-state index in [-0.39, 0.29) is 36.3 Å². The average Bonchev–Trinajstić information content (AvgIpc) is 2.64. The van der Waals surface area contributed by atoms with Crippen LogP contribution < -0.4 is 5.73 Å². The van der Waals surface area contributed by atoms with Gasteiger partial charge in [0, 0.05) is 31.6 Å². The zero-order valence-electron chi connectivity index (χ0n) is 16.1. The first-order valence-corrected chi connectivity index (χ1v) is 11.1. The number of halogens is 1. The number of nitrogens with zero attached hydrogens (tertiary/aromatic N) is 1. The molecule has 0 aliphatic carbocycles. The van der Waals surface area contributed by atoms with E-state index >= 15 is 0 Å². The standard InChI is InChI=1S/C19H30N2O4S.ClH/c1-3-10-26(23,24)21-8-6-14(7-9-21)17-11-16-15(18(12-20)25-17)5-4-13(2)19(16)22;/h4-5,14,17-18,22H,3,6-12,20H2,1-2H3;1H/t17-,18-;/m0./s1. The number of fused-ring (bicyclic) bond motifs is 1. The predicted octanol–water partition coefficient (Wildman–Crippen LogP) is 2.52. The third-order valence-corrected chi connectivity index (χ3v) is 7.78. The second-order valence-electron chi connectivity index (χ2n) is 7.45. The Morgan fingerprint density at radius 2 is 1.96 bits per heavy atom. The molecular formula is C19H31ClN2O4S. The van der Waals surface area contributed by atoms with E-state index in [0.717, 1.165) is 29.5 Å². The number of rotatable bonds is 5. The number of phenols is 1. The predicted molar refractivity (Wildman–Crippen MR) is 109 cm³/mol. The molecule has 0 aromatic heterocycles. The SMILES string of the molecule is CCCS(=O)(=O)N1CCC([C@@H]2Cc3c(ccc(C)c3O)[C@H](CN)O2)CC1.Cl. The minimum absolute atomic E-state index is 0. The van der Waals surface area contributed by atoms with Crippen molar-refractivity contribution in [1.29, 1.82) is 0 Å². The number of hydrogen-bond donors (Lipinski definition) is 2. The molecule has 2 aliphatic rings. The maximum Gasteiger partial charge on any atom is 0.214 e. The molecule has 1 aromatic rings. The lowest BCUT2D eigenvalue weighted by Gasteiger charge is -2.40. The van der Waals surface area contributed by atoms with E-state index in [9.17, 15) is 13.5 Å². The number of nitrogens with two attached hydrogens (primary N) is 1. The summed E-state index contributed by atoms with van der Waals surface area (Å²) >= 11 is 0. The fraction of sp³-hybridized carbons (Fsp3) is 0.684. The fourth-order valence-electron chi connectivity index (χ4n) is 4.19. The summed E-state index contributed by atoms with van der Waals surface area (Å²) in [6, 6.07) is 3.90. The first-order valence-electron chi connectivity index (χ1n) is 9.52. The molecule has 0 bridgehead atoms. The largest absolute Gasteiger partial charge is 0.507 e. The zero-order valence-corrected chi connectivity index (χ0v) is 17.7. The fourth-order valence-corrected chi connectivity index (χ4v) is 5.73. The van der Waals surface area contributed by atoms with Crippen LogP contribution in [-0.4, -0.2) is 49.3 Å². The summed E-state index contributed by atoms with van der Waals surface area (Å²) in [6.45, 7) is 5.25. The van der Waals surface area contributed by atoms with Crippen molar-refractivity contribution in [2.75, 3.05) is 25.4 Å². The van der Waals surface area contributed by atoms with Gasteiger partial charge in [0.1, 0.15) is 5.75 Å². The van der Waals surface area contributed by atoms with E-state index in [2.05, 4.69) is 0 Å². The smallest absolute Gasteiger partial charge is 0.214 e. The quantitative estimate of drug-likeness (QED) is 0.766. The number of benzene rings is 1. The Morgan fingerprint density at radius 1 is 1.30 bits per heavy atom. The molecule has 8 heteroatoms. The van der Waals surface area contributed by atoms with Crippen molar-refractivity contribution in [3.8, 4) is 5.75 Å². The van der Waals surface area contributed by atoms with E-state index < -0.39 is 10.0 Å². The Kier molecular flexibility index (Phi) is 7.55. The van der Waals surface area contributed by atoms with Crippen LogP contribution in [0.25, 0.3) is 0 Å². The van der Waals surface area contributed by atoms with Gasteiger partial charge in [-0.15, -0.1) is 12.4 Å². The summed E-state index contributed by atoms with van der Waals surface area (Å²) < 4.78 is 32.4. The third kappa shape index (κ3) is 4.59. The molecule has 2 aliphatic heterocycles. The molecule has 1 fully saturated rings. The number of phenolic OH excluding ortho intramolecular Hbond substituents is 1. The van der Waals surface area contributed by atoms with Crippen molar-refractivity contribution in [2.24, 2.45) is 11.7 Å². The van der Waals surface area contributed by atoms with Gasteiger partial charge in [0.15, 0.2) is 0 Å². The molecule has 1 saturated heterocycles. The highest BCUT2D eigenvalue weighted by molar-refractivity contribution is 7.89.